The van der Waals surface area contributed by atoms with Crippen LogP contribution in [0.2, 0.25) is 0 Å². The zero-order valence-corrected chi connectivity index (χ0v) is 15.2. The van der Waals surface area contributed by atoms with Gasteiger partial charge in [-0.1, -0.05) is 26.0 Å². The molecule has 0 atom stereocenters. The number of hydrogen-bond donors (Lipinski definition) is 1. The zero-order chi connectivity index (χ0) is 18.5. The first-order chi connectivity index (χ1) is 12.5. The van der Waals surface area contributed by atoms with Crippen LogP contribution in [-0.2, 0) is 11.3 Å². The van der Waals surface area contributed by atoms with Gasteiger partial charge < -0.3 is 10.2 Å². The number of pyridine rings is 1. The van der Waals surface area contributed by atoms with Crippen molar-refractivity contribution in [1.82, 2.24) is 15.2 Å². The largest absolute Gasteiger partial charge is 0.350 e. The minimum absolute atomic E-state index is 0.0739. The van der Waals surface area contributed by atoms with Crippen LogP contribution in [0.5, 0.6) is 0 Å². The van der Waals surface area contributed by atoms with E-state index in [0.29, 0.717) is 25.6 Å². The molecule has 0 aliphatic carbocycles. The van der Waals surface area contributed by atoms with E-state index in [1.165, 1.54) is 5.56 Å². The Morgan fingerprint density at radius 2 is 1.81 bits per heavy atom. The molecule has 0 saturated carbocycles. The normalized spacial score (nSPS) is 14.2. The monoisotopic (exact) mass is 352 g/mol. The van der Waals surface area contributed by atoms with Crippen LogP contribution in [-0.4, -0.2) is 41.5 Å². The lowest BCUT2D eigenvalue weighted by molar-refractivity contribution is -0.121. The van der Waals surface area contributed by atoms with E-state index in [2.05, 4.69) is 36.3 Å². The zero-order valence-electron chi connectivity index (χ0n) is 15.2. The second-order valence-corrected chi connectivity index (χ2v) is 6.73. The first-order valence-electron chi connectivity index (χ1n) is 8.86. The topological polar surface area (TPSA) is 65.5 Å². The van der Waals surface area contributed by atoms with Crippen molar-refractivity contribution in [1.29, 1.82) is 0 Å². The summed E-state index contributed by atoms with van der Waals surface area (Å²) in [5, 5.41) is 2.84. The van der Waals surface area contributed by atoms with E-state index in [9.17, 15) is 9.59 Å². The summed E-state index contributed by atoms with van der Waals surface area (Å²) in [4.78, 5) is 32.0. The van der Waals surface area contributed by atoms with Gasteiger partial charge in [-0.3, -0.25) is 14.7 Å². The molecule has 3 rings (SSSR count). The Labute approximate surface area is 153 Å². The van der Waals surface area contributed by atoms with Crippen molar-refractivity contribution < 1.29 is 9.59 Å². The summed E-state index contributed by atoms with van der Waals surface area (Å²) < 4.78 is 0. The molecule has 0 bridgehead atoms. The predicted octanol–water partition coefficient (Wildman–Crippen LogP) is 2.76. The first kappa shape index (κ1) is 17.9. The molecule has 0 unspecified atom stereocenters. The number of nitrogens with zero attached hydrogens (tertiary/aromatic N) is 3. The van der Waals surface area contributed by atoms with Crippen LogP contribution in [0.4, 0.5) is 10.5 Å². The molecule has 6 heteroatoms. The average molecular weight is 352 g/mol. The highest BCUT2D eigenvalue weighted by Crippen LogP contribution is 2.23. The molecule has 1 N–H and O–H groups in total. The third-order valence-electron chi connectivity index (χ3n) is 4.54. The van der Waals surface area contributed by atoms with E-state index >= 15 is 0 Å². The maximum Gasteiger partial charge on any atom is 0.325 e. The summed E-state index contributed by atoms with van der Waals surface area (Å²) in [6, 6.07) is 11.6. The highest BCUT2D eigenvalue weighted by molar-refractivity contribution is 5.96. The molecule has 136 valence electrons. The van der Waals surface area contributed by atoms with E-state index in [1.807, 2.05) is 24.3 Å². The lowest BCUT2D eigenvalue weighted by Gasteiger charge is -2.19. The molecule has 2 aromatic rings. The number of carbonyl (C=O) groups excluding carboxylic acids is 2. The average Bonchev–Trinajstić information content (AvgIpc) is 3.01. The summed E-state index contributed by atoms with van der Waals surface area (Å²) >= 11 is 0. The number of hydrogen-bond acceptors (Lipinski definition) is 3. The summed E-state index contributed by atoms with van der Waals surface area (Å²) in [7, 11) is 0. The first-order valence-corrected chi connectivity index (χ1v) is 8.86. The molecule has 1 saturated heterocycles. The smallest absolute Gasteiger partial charge is 0.325 e. The van der Waals surface area contributed by atoms with Crippen molar-refractivity contribution in [3.63, 3.8) is 0 Å². The number of aromatic nitrogens is 1. The maximum absolute atomic E-state index is 12.6. The van der Waals surface area contributed by atoms with Gasteiger partial charge in [-0.15, -0.1) is 0 Å². The standard InChI is InChI=1S/C20H24N4O2/c1-15(2)17-3-5-18(6-4-17)24-12-11-23(20(24)26)14-19(25)22-13-16-7-9-21-10-8-16/h3-10,15H,11-14H2,1-2H3,(H,22,25). The van der Waals surface area contributed by atoms with Gasteiger partial charge in [-0.05, 0) is 41.3 Å². The Hall–Kier alpha value is -2.89. The molecule has 1 aromatic carbocycles. The Morgan fingerprint density at radius 3 is 2.46 bits per heavy atom. The second kappa shape index (κ2) is 7.99. The van der Waals surface area contributed by atoms with Crippen LogP contribution >= 0.6 is 0 Å². The minimum atomic E-state index is -0.160. The number of nitrogens with one attached hydrogen (secondary N) is 1. The quantitative estimate of drug-likeness (QED) is 0.869. The van der Waals surface area contributed by atoms with Crippen LogP contribution < -0.4 is 10.2 Å². The molecule has 1 aromatic heterocycles. The molecule has 3 amide bonds. The van der Waals surface area contributed by atoms with Crippen molar-refractivity contribution in [2.45, 2.75) is 26.3 Å². The summed E-state index contributed by atoms with van der Waals surface area (Å²) in [5.41, 5.74) is 3.10. The lowest BCUT2D eigenvalue weighted by Crippen LogP contribution is -2.39. The van der Waals surface area contributed by atoms with Crippen molar-refractivity contribution in [3.05, 3.63) is 59.9 Å². The highest BCUT2D eigenvalue weighted by Gasteiger charge is 2.30. The molecular formula is C20H24N4O2. The van der Waals surface area contributed by atoms with Gasteiger partial charge >= 0.3 is 6.03 Å². The van der Waals surface area contributed by atoms with Gasteiger partial charge in [-0.2, -0.15) is 0 Å². The van der Waals surface area contributed by atoms with Gasteiger partial charge in [0.25, 0.3) is 0 Å². The van der Waals surface area contributed by atoms with Gasteiger partial charge in [0.15, 0.2) is 0 Å². The number of benzene rings is 1. The molecule has 1 aliphatic heterocycles. The minimum Gasteiger partial charge on any atom is -0.350 e. The molecule has 1 fully saturated rings. The third kappa shape index (κ3) is 4.20. The van der Waals surface area contributed by atoms with E-state index in [-0.39, 0.29) is 18.5 Å². The Balaban J connectivity index is 1.54. The van der Waals surface area contributed by atoms with Crippen LogP contribution in [0.1, 0.15) is 30.9 Å². The van der Waals surface area contributed by atoms with E-state index in [4.69, 9.17) is 0 Å². The summed E-state index contributed by atoms with van der Waals surface area (Å²) in [6.45, 7) is 5.93. The third-order valence-corrected chi connectivity index (χ3v) is 4.54. The van der Waals surface area contributed by atoms with Crippen LogP contribution in [0.25, 0.3) is 0 Å². The molecule has 1 aliphatic rings. The highest BCUT2D eigenvalue weighted by atomic mass is 16.2. The molecule has 2 heterocycles. The van der Waals surface area contributed by atoms with Crippen molar-refractivity contribution in [2.75, 3.05) is 24.5 Å². The Morgan fingerprint density at radius 1 is 1.12 bits per heavy atom. The predicted molar refractivity (Wildman–Crippen MR) is 101 cm³/mol. The molecule has 26 heavy (non-hydrogen) atoms. The van der Waals surface area contributed by atoms with E-state index < -0.39 is 0 Å². The SMILES string of the molecule is CC(C)c1ccc(N2CCN(CC(=O)NCc3ccncc3)C2=O)cc1. The van der Waals surface area contributed by atoms with Gasteiger partial charge in [0.2, 0.25) is 5.91 Å². The summed E-state index contributed by atoms with van der Waals surface area (Å²) in [6.07, 6.45) is 3.38. The number of carbonyl (C=O) groups is 2. The van der Waals surface area contributed by atoms with Crippen LogP contribution in [0.3, 0.4) is 0 Å². The van der Waals surface area contributed by atoms with Gasteiger partial charge in [0.05, 0.1) is 0 Å². The van der Waals surface area contributed by atoms with Crippen LogP contribution in [0.15, 0.2) is 48.8 Å². The fourth-order valence-corrected chi connectivity index (χ4v) is 2.94. The van der Waals surface area contributed by atoms with Crippen molar-refractivity contribution >= 4 is 17.6 Å². The van der Waals surface area contributed by atoms with Crippen molar-refractivity contribution in [2.24, 2.45) is 0 Å². The Kier molecular flexibility index (Phi) is 5.51. The molecule has 6 nitrogen and oxygen atoms in total. The second-order valence-electron chi connectivity index (χ2n) is 6.73. The fourth-order valence-electron chi connectivity index (χ4n) is 2.94. The molecule has 0 radical (unpaired) electrons. The van der Waals surface area contributed by atoms with Gasteiger partial charge in [0.1, 0.15) is 6.54 Å². The number of rotatable bonds is 6. The van der Waals surface area contributed by atoms with E-state index in [1.54, 1.807) is 22.2 Å². The number of anilines is 1. The molecular weight excluding hydrogens is 328 g/mol. The fraction of sp³-hybridized carbons (Fsp3) is 0.350. The molecule has 0 spiro atoms. The van der Waals surface area contributed by atoms with E-state index in [0.717, 1.165) is 11.3 Å². The van der Waals surface area contributed by atoms with Gasteiger partial charge in [0, 0.05) is 37.7 Å². The van der Waals surface area contributed by atoms with Crippen molar-refractivity contribution in [3.8, 4) is 0 Å². The van der Waals surface area contributed by atoms with Crippen LogP contribution in [0, 0.1) is 0 Å². The summed E-state index contributed by atoms with van der Waals surface area (Å²) in [5.74, 6) is 0.297. The number of amides is 3. The van der Waals surface area contributed by atoms with Gasteiger partial charge in [-0.25, -0.2) is 4.79 Å². The lowest BCUT2D eigenvalue weighted by atomic mass is 10.0. The maximum atomic E-state index is 12.6. The Bertz CT molecular complexity index is 759. The number of urea groups is 1.